The first-order valence-corrected chi connectivity index (χ1v) is 7.43. The van der Waals surface area contributed by atoms with Crippen LogP contribution < -0.4 is 0 Å². The number of rotatable bonds is 5. The predicted octanol–water partition coefficient (Wildman–Crippen LogP) is 3.65. The van der Waals surface area contributed by atoms with Crippen LogP contribution in [0.25, 0.3) is 0 Å². The number of nitrogens with zero attached hydrogens (tertiary/aromatic N) is 1. The second kappa shape index (κ2) is 6.19. The Labute approximate surface area is 119 Å². The van der Waals surface area contributed by atoms with Crippen molar-refractivity contribution in [3.05, 3.63) is 35.4 Å². The van der Waals surface area contributed by atoms with E-state index in [9.17, 15) is 13.9 Å². The molecular formula is C16H23F2NO. The molecule has 1 atom stereocenters. The van der Waals surface area contributed by atoms with Gasteiger partial charge in [-0.25, -0.2) is 8.78 Å². The van der Waals surface area contributed by atoms with Gasteiger partial charge in [0.25, 0.3) is 0 Å². The highest BCUT2D eigenvalue weighted by molar-refractivity contribution is 5.25. The highest BCUT2D eigenvalue weighted by Gasteiger charge is 2.45. The van der Waals surface area contributed by atoms with Gasteiger partial charge in [-0.3, -0.25) is 4.90 Å². The molecule has 0 aliphatic heterocycles. The van der Waals surface area contributed by atoms with Crippen molar-refractivity contribution in [2.75, 3.05) is 13.1 Å². The first-order valence-electron chi connectivity index (χ1n) is 7.43. The first-order chi connectivity index (χ1) is 9.56. The van der Waals surface area contributed by atoms with Crippen LogP contribution in [0.5, 0.6) is 0 Å². The van der Waals surface area contributed by atoms with E-state index in [1.54, 1.807) is 0 Å². The van der Waals surface area contributed by atoms with Crippen molar-refractivity contribution in [1.82, 2.24) is 4.90 Å². The molecule has 1 unspecified atom stereocenters. The van der Waals surface area contributed by atoms with E-state index in [0.29, 0.717) is 0 Å². The number of aliphatic hydroxyl groups excluding tert-OH is 1. The van der Waals surface area contributed by atoms with Crippen LogP contribution in [0, 0.1) is 11.6 Å². The molecule has 1 aromatic rings. The number of halogens is 2. The molecule has 20 heavy (non-hydrogen) atoms. The number of aliphatic hydroxyl groups is 1. The van der Waals surface area contributed by atoms with Crippen LogP contribution in [-0.4, -0.2) is 28.6 Å². The Morgan fingerprint density at radius 2 is 1.80 bits per heavy atom. The summed E-state index contributed by atoms with van der Waals surface area (Å²) in [5.41, 5.74) is -0.378. The number of hydrogen-bond acceptors (Lipinski definition) is 2. The van der Waals surface area contributed by atoms with Crippen LogP contribution in [0.1, 0.15) is 51.2 Å². The second-order valence-electron chi connectivity index (χ2n) is 5.53. The van der Waals surface area contributed by atoms with Gasteiger partial charge >= 0.3 is 0 Å². The zero-order valence-corrected chi connectivity index (χ0v) is 12.2. The SMILES string of the molecule is CCN(CC)C1(C(O)c2cccc(F)c2F)CCCC1. The molecule has 1 aliphatic rings. The lowest BCUT2D eigenvalue weighted by Crippen LogP contribution is -2.51. The van der Waals surface area contributed by atoms with Crippen LogP contribution in [-0.2, 0) is 0 Å². The summed E-state index contributed by atoms with van der Waals surface area (Å²) >= 11 is 0. The van der Waals surface area contributed by atoms with Gasteiger partial charge in [0.2, 0.25) is 0 Å². The summed E-state index contributed by atoms with van der Waals surface area (Å²) in [6.07, 6.45) is 2.70. The average Bonchev–Trinajstić information content (AvgIpc) is 2.93. The van der Waals surface area contributed by atoms with Crippen molar-refractivity contribution in [3.63, 3.8) is 0 Å². The molecule has 0 saturated heterocycles. The van der Waals surface area contributed by atoms with Gasteiger partial charge in [-0.05, 0) is 32.0 Å². The molecule has 0 heterocycles. The van der Waals surface area contributed by atoms with Crippen molar-refractivity contribution in [3.8, 4) is 0 Å². The molecule has 1 fully saturated rings. The average molecular weight is 283 g/mol. The van der Waals surface area contributed by atoms with Crippen LogP contribution >= 0.6 is 0 Å². The van der Waals surface area contributed by atoms with E-state index in [2.05, 4.69) is 4.90 Å². The molecule has 1 aromatic carbocycles. The van der Waals surface area contributed by atoms with Gasteiger partial charge in [0, 0.05) is 5.56 Å². The topological polar surface area (TPSA) is 23.5 Å². The summed E-state index contributed by atoms with van der Waals surface area (Å²) in [4.78, 5) is 2.19. The normalized spacial score (nSPS) is 19.5. The van der Waals surface area contributed by atoms with Crippen molar-refractivity contribution in [2.45, 2.75) is 51.2 Å². The summed E-state index contributed by atoms with van der Waals surface area (Å²) < 4.78 is 27.4. The molecule has 0 aromatic heterocycles. The molecule has 1 aliphatic carbocycles. The monoisotopic (exact) mass is 283 g/mol. The molecule has 1 N–H and O–H groups in total. The lowest BCUT2D eigenvalue weighted by atomic mass is 9.83. The smallest absolute Gasteiger partial charge is 0.164 e. The summed E-state index contributed by atoms with van der Waals surface area (Å²) in [5.74, 6) is -1.81. The quantitative estimate of drug-likeness (QED) is 0.891. The minimum atomic E-state index is -0.986. The molecule has 0 bridgehead atoms. The fourth-order valence-electron chi connectivity index (χ4n) is 3.62. The lowest BCUT2D eigenvalue weighted by molar-refractivity contribution is -0.0288. The fourth-order valence-corrected chi connectivity index (χ4v) is 3.62. The number of benzene rings is 1. The maximum Gasteiger partial charge on any atom is 0.164 e. The minimum Gasteiger partial charge on any atom is -0.386 e. The fraction of sp³-hybridized carbons (Fsp3) is 0.625. The summed E-state index contributed by atoms with van der Waals surface area (Å²) in [7, 11) is 0. The molecule has 112 valence electrons. The Morgan fingerprint density at radius 1 is 1.20 bits per heavy atom. The summed E-state index contributed by atoms with van der Waals surface area (Å²) in [5, 5.41) is 10.8. The molecule has 4 heteroatoms. The number of likely N-dealkylation sites (N-methyl/N-ethyl adjacent to an activating group) is 1. The predicted molar refractivity (Wildman–Crippen MR) is 75.4 cm³/mol. The molecular weight excluding hydrogens is 260 g/mol. The lowest BCUT2D eigenvalue weighted by Gasteiger charge is -2.44. The molecule has 0 amide bonds. The van der Waals surface area contributed by atoms with Crippen molar-refractivity contribution in [2.24, 2.45) is 0 Å². The van der Waals surface area contributed by atoms with Crippen molar-refractivity contribution in [1.29, 1.82) is 0 Å². The van der Waals surface area contributed by atoms with E-state index >= 15 is 0 Å². The van der Waals surface area contributed by atoms with E-state index in [1.807, 2.05) is 13.8 Å². The van der Waals surface area contributed by atoms with Gasteiger partial charge in [0.15, 0.2) is 11.6 Å². The third-order valence-corrected chi connectivity index (χ3v) is 4.65. The van der Waals surface area contributed by atoms with Gasteiger partial charge in [-0.2, -0.15) is 0 Å². The largest absolute Gasteiger partial charge is 0.386 e. The van der Waals surface area contributed by atoms with Crippen molar-refractivity contribution >= 4 is 0 Å². The highest BCUT2D eigenvalue weighted by Crippen LogP contribution is 2.45. The maximum atomic E-state index is 14.0. The maximum absolute atomic E-state index is 14.0. The summed E-state index contributed by atoms with van der Waals surface area (Å²) in [6, 6.07) is 4.04. The Kier molecular flexibility index (Phi) is 4.76. The zero-order chi connectivity index (χ0) is 14.8. The Bertz CT molecular complexity index is 454. The number of hydrogen-bond donors (Lipinski definition) is 1. The molecule has 0 radical (unpaired) electrons. The summed E-state index contributed by atoms with van der Waals surface area (Å²) in [6.45, 7) is 5.67. The Morgan fingerprint density at radius 3 is 2.35 bits per heavy atom. The third kappa shape index (κ3) is 2.47. The van der Waals surface area contributed by atoms with Gasteiger partial charge in [-0.15, -0.1) is 0 Å². The molecule has 2 rings (SSSR count). The van der Waals surface area contributed by atoms with Crippen LogP contribution in [0.2, 0.25) is 0 Å². The van der Waals surface area contributed by atoms with E-state index in [-0.39, 0.29) is 5.56 Å². The van der Waals surface area contributed by atoms with Crippen LogP contribution in [0.15, 0.2) is 18.2 Å². The van der Waals surface area contributed by atoms with E-state index in [0.717, 1.165) is 44.8 Å². The Hall–Kier alpha value is -1.00. The van der Waals surface area contributed by atoms with Gasteiger partial charge in [0.1, 0.15) is 6.10 Å². The standard InChI is InChI=1S/C16H23F2NO/c1-3-19(4-2)16(10-5-6-11-16)15(20)12-8-7-9-13(17)14(12)18/h7-9,15,20H,3-6,10-11H2,1-2H3. The second-order valence-corrected chi connectivity index (χ2v) is 5.53. The zero-order valence-electron chi connectivity index (χ0n) is 12.2. The van der Waals surface area contributed by atoms with Gasteiger partial charge < -0.3 is 5.11 Å². The van der Waals surface area contributed by atoms with Gasteiger partial charge in [-0.1, -0.05) is 38.8 Å². The molecule has 1 saturated carbocycles. The molecule has 2 nitrogen and oxygen atoms in total. The highest BCUT2D eigenvalue weighted by atomic mass is 19.2. The van der Waals surface area contributed by atoms with E-state index in [1.165, 1.54) is 12.1 Å². The van der Waals surface area contributed by atoms with Crippen LogP contribution in [0.4, 0.5) is 8.78 Å². The third-order valence-electron chi connectivity index (χ3n) is 4.65. The van der Waals surface area contributed by atoms with Crippen molar-refractivity contribution < 1.29 is 13.9 Å². The molecule has 0 spiro atoms. The van der Waals surface area contributed by atoms with E-state index in [4.69, 9.17) is 0 Å². The van der Waals surface area contributed by atoms with Gasteiger partial charge in [0.05, 0.1) is 5.54 Å². The van der Waals surface area contributed by atoms with Crippen LogP contribution in [0.3, 0.4) is 0 Å². The minimum absolute atomic E-state index is 0.0822. The Balaban J connectivity index is 2.41. The first kappa shape index (κ1) is 15.4. The van der Waals surface area contributed by atoms with E-state index < -0.39 is 23.3 Å².